The number of amides is 1. The number of hydrogen-bond donors (Lipinski definition) is 2. The Morgan fingerprint density at radius 2 is 2.25 bits per heavy atom. The van der Waals surface area contributed by atoms with Crippen LogP contribution in [0.1, 0.15) is 19.8 Å². The first-order valence-electron chi connectivity index (χ1n) is 4.34. The van der Waals surface area contributed by atoms with Crippen LogP contribution in [0, 0.1) is 0 Å². The number of ether oxygens (including phenoxy) is 1. The van der Waals surface area contributed by atoms with Gasteiger partial charge in [-0.3, -0.25) is 4.79 Å². The molecule has 0 saturated carbocycles. The molecule has 4 nitrogen and oxygen atoms in total. The highest BCUT2D eigenvalue weighted by Gasteiger charge is 1.92. The van der Waals surface area contributed by atoms with Crippen LogP contribution < -0.4 is 11.1 Å². The molecule has 0 aliphatic carbocycles. The third-order valence-corrected chi connectivity index (χ3v) is 1.40. The van der Waals surface area contributed by atoms with Crippen molar-refractivity contribution in [2.24, 2.45) is 5.73 Å². The van der Waals surface area contributed by atoms with Crippen LogP contribution in [0.4, 0.5) is 0 Å². The summed E-state index contributed by atoms with van der Waals surface area (Å²) < 4.78 is 5.11. The molecule has 0 unspecified atom stereocenters. The van der Waals surface area contributed by atoms with Crippen molar-refractivity contribution in [1.29, 1.82) is 0 Å². The van der Waals surface area contributed by atoms with E-state index in [0.717, 1.165) is 32.7 Å². The second-order valence-corrected chi connectivity index (χ2v) is 2.52. The van der Waals surface area contributed by atoms with Crippen molar-refractivity contribution in [3.8, 4) is 0 Å². The largest absolute Gasteiger partial charge is 0.380 e. The number of primary amides is 1. The molecule has 0 atom stereocenters. The molecule has 1 amide bonds. The Morgan fingerprint density at radius 1 is 1.50 bits per heavy atom. The summed E-state index contributed by atoms with van der Waals surface area (Å²) in [7, 11) is 0. The van der Waals surface area contributed by atoms with E-state index in [1.807, 2.05) is 6.92 Å². The average molecular weight is 174 g/mol. The quantitative estimate of drug-likeness (QED) is 0.504. The van der Waals surface area contributed by atoms with Crippen molar-refractivity contribution in [2.45, 2.75) is 19.8 Å². The minimum absolute atomic E-state index is 0.235. The summed E-state index contributed by atoms with van der Waals surface area (Å²) in [6.07, 6.45) is 1.27. The van der Waals surface area contributed by atoms with Crippen LogP contribution in [0.5, 0.6) is 0 Å². The van der Waals surface area contributed by atoms with Crippen molar-refractivity contribution in [3.63, 3.8) is 0 Å². The maximum Gasteiger partial charge on any atom is 0.217 e. The van der Waals surface area contributed by atoms with E-state index in [9.17, 15) is 4.79 Å². The fourth-order valence-corrected chi connectivity index (χ4v) is 0.801. The topological polar surface area (TPSA) is 64.3 Å². The molecule has 12 heavy (non-hydrogen) atoms. The van der Waals surface area contributed by atoms with Crippen molar-refractivity contribution >= 4 is 5.91 Å². The van der Waals surface area contributed by atoms with Crippen LogP contribution in [-0.4, -0.2) is 32.2 Å². The molecule has 0 aliphatic rings. The van der Waals surface area contributed by atoms with E-state index in [2.05, 4.69) is 5.32 Å². The van der Waals surface area contributed by atoms with Gasteiger partial charge in [0.15, 0.2) is 0 Å². The number of nitrogens with two attached hydrogens (primary N) is 1. The van der Waals surface area contributed by atoms with E-state index >= 15 is 0 Å². The van der Waals surface area contributed by atoms with Gasteiger partial charge in [-0.05, 0) is 19.9 Å². The van der Waals surface area contributed by atoms with Crippen LogP contribution in [-0.2, 0) is 9.53 Å². The fourth-order valence-electron chi connectivity index (χ4n) is 0.801. The SMILES string of the molecule is CCOCCNCCCC(N)=O. The van der Waals surface area contributed by atoms with Crippen molar-refractivity contribution in [3.05, 3.63) is 0 Å². The second-order valence-electron chi connectivity index (χ2n) is 2.52. The molecule has 0 radical (unpaired) electrons. The summed E-state index contributed by atoms with van der Waals surface area (Å²) in [6.45, 7) is 5.12. The van der Waals surface area contributed by atoms with E-state index in [1.54, 1.807) is 0 Å². The molecule has 72 valence electrons. The van der Waals surface area contributed by atoms with E-state index in [-0.39, 0.29) is 5.91 Å². The lowest BCUT2D eigenvalue weighted by Gasteiger charge is -2.03. The van der Waals surface area contributed by atoms with Gasteiger partial charge in [-0.2, -0.15) is 0 Å². The van der Waals surface area contributed by atoms with E-state index < -0.39 is 0 Å². The van der Waals surface area contributed by atoms with Crippen LogP contribution in [0.2, 0.25) is 0 Å². The van der Waals surface area contributed by atoms with Crippen LogP contribution in [0.25, 0.3) is 0 Å². The molecule has 0 saturated heterocycles. The molecule has 0 aromatic rings. The minimum atomic E-state index is -0.235. The van der Waals surface area contributed by atoms with Gasteiger partial charge in [0, 0.05) is 19.6 Å². The fraction of sp³-hybridized carbons (Fsp3) is 0.875. The lowest BCUT2D eigenvalue weighted by atomic mass is 10.3. The van der Waals surface area contributed by atoms with Crippen molar-refractivity contribution in [2.75, 3.05) is 26.3 Å². The Hall–Kier alpha value is -0.610. The normalized spacial score (nSPS) is 10.1. The Balaban J connectivity index is 2.86. The summed E-state index contributed by atoms with van der Waals surface area (Å²) in [5, 5.41) is 3.14. The summed E-state index contributed by atoms with van der Waals surface area (Å²) in [5.74, 6) is -0.235. The average Bonchev–Trinajstić information content (AvgIpc) is 2.02. The predicted octanol–water partition coefficient (Wildman–Crippen LogP) is -0.122. The first-order chi connectivity index (χ1) is 5.77. The van der Waals surface area contributed by atoms with Crippen LogP contribution >= 0.6 is 0 Å². The second kappa shape index (κ2) is 8.49. The van der Waals surface area contributed by atoms with Crippen molar-refractivity contribution < 1.29 is 9.53 Å². The highest BCUT2D eigenvalue weighted by Crippen LogP contribution is 1.83. The van der Waals surface area contributed by atoms with Gasteiger partial charge in [-0.15, -0.1) is 0 Å². The minimum Gasteiger partial charge on any atom is -0.380 e. The van der Waals surface area contributed by atoms with Gasteiger partial charge in [0.1, 0.15) is 0 Å². The highest BCUT2D eigenvalue weighted by atomic mass is 16.5. The molecule has 4 heteroatoms. The van der Waals surface area contributed by atoms with Gasteiger partial charge in [-0.25, -0.2) is 0 Å². The van der Waals surface area contributed by atoms with E-state index in [4.69, 9.17) is 10.5 Å². The zero-order valence-corrected chi connectivity index (χ0v) is 7.64. The Bertz CT molecular complexity index is 118. The number of hydrogen-bond acceptors (Lipinski definition) is 3. The Morgan fingerprint density at radius 3 is 2.83 bits per heavy atom. The maximum atomic E-state index is 10.3. The molecular weight excluding hydrogens is 156 g/mol. The summed E-state index contributed by atoms with van der Waals surface area (Å²) in [5.41, 5.74) is 4.96. The lowest BCUT2D eigenvalue weighted by Crippen LogP contribution is -2.22. The molecule has 0 aromatic carbocycles. The zero-order chi connectivity index (χ0) is 9.23. The molecule has 0 bridgehead atoms. The van der Waals surface area contributed by atoms with Gasteiger partial charge in [0.2, 0.25) is 5.91 Å². The maximum absolute atomic E-state index is 10.3. The predicted molar refractivity (Wildman–Crippen MR) is 47.8 cm³/mol. The third-order valence-electron chi connectivity index (χ3n) is 1.40. The lowest BCUT2D eigenvalue weighted by molar-refractivity contribution is -0.118. The molecule has 0 fully saturated rings. The van der Waals surface area contributed by atoms with Crippen LogP contribution in [0.15, 0.2) is 0 Å². The van der Waals surface area contributed by atoms with Gasteiger partial charge in [0.25, 0.3) is 0 Å². The first-order valence-corrected chi connectivity index (χ1v) is 4.34. The van der Waals surface area contributed by atoms with Gasteiger partial charge in [0.05, 0.1) is 6.61 Å². The summed E-state index contributed by atoms with van der Waals surface area (Å²) >= 11 is 0. The van der Waals surface area contributed by atoms with Crippen LogP contribution in [0.3, 0.4) is 0 Å². The number of nitrogens with one attached hydrogen (secondary N) is 1. The Kier molecular flexibility index (Phi) is 8.05. The molecule has 0 rings (SSSR count). The van der Waals surface area contributed by atoms with E-state index in [1.165, 1.54) is 0 Å². The molecule has 0 aliphatic heterocycles. The summed E-state index contributed by atoms with van der Waals surface area (Å²) in [6, 6.07) is 0. The number of carbonyl (C=O) groups excluding carboxylic acids is 1. The summed E-state index contributed by atoms with van der Waals surface area (Å²) in [4.78, 5) is 10.3. The first kappa shape index (κ1) is 11.4. The highest BCUT2D eigenvalue weighted by molar-refractivity contribution is 5.73. The molecule has 0 heterocycles. The zero-order valence-electron chi connectivity index (χ0n) is 7.64. The molecule has 3 N–H and O–H groups in total. The molecular formula is C8H18N2O2. The monoisotopic (exact) mass is 174 g/mol. The van der Waals surface area contributed by atoms with Crippen molar-refractivity contribution in [1.82, 2.24) is 5.32 Å². The van der Waals surface area contributed by atoms with Gasteiger partial charge < -0.3 is 15.8 Å². The molecule has 0 aromatic heterocycles. The standard InChI is InChI=1S/C8H18N2O2/c1-2-12-7-6-10-5-3-4-8(9)11/h10H,2-7H2,1H3,(H2,9,11). The smallest absolute Gasteiger partial charge is 0.217 e. The Labute approximate surface area is 73.5 Å². The number of carbonyl (C=O) groups is 1. The van der Waals surface area contributed by atoms with Gasteiger partial charge in [-0.1, -0.05) is 0 Å². The molecule has 0 spiro atoms. The van der Waals surface area contributed by atoms with Gasteiger partial charge >= 0.3 is 0 Å². The third kappa shape index (κ3) is 9.39. The number of rotatable bonds is 8. The van der Waals surface area contributed by atoms with E-state index in [0.29, 0.717) is 6.42 Å².